The number of hydrogen-bond acceptors (Lipinski definition) is 6. The van der Waals surface area contributed by atoms with Gasteiger partial charge in [0.2, 0.25) is 0 Å². The maximum atomic E-state index is 14.0. The van der Waals surface area contributed by atoms with Gasteiger partial charge in [-0.15, -0.1) is 0 Å². The van der Waals surface area contributed by atoms with Crippen LogP contribution < -0.4 is 9.47 Å². The first kappa shape index (κ1) is 36.7. The quantitative estimate of drug-likeness (QED) is 0.203. The topological polar surface area (TPSA) is 106 Å². The van der Waals surface area contributed by atoms with Crippen molar-refractivity contribution in [1.29, 1.82) is 0 Å². The van der Waals surface area contributed by atoms with E-state index in [1.807, 2.05) is 80.6 Å². The number of nitrogens with zero attached hydrogens (tertiary/aromatic N) is 2. The Labute approximate surface area is 296 Å². The molecule has 0 bridgehead atoms. The first-order chi connectivity index (χ1) is 23.9. The summed E-state index contributed by atoms with van der Waals surface area (Å²) in [5.74, 6) is 2.26. The molecule has 268 valence electrons. The van der Waals surface area contributed by atoms with Gasteiger partial charge in [0.15, 0.2) is 0 Å². The molecule has 9 heteroatoms. The van der Waals surface area contributed by atoms with Gasteiger partial charge in [0.25, 0.3) is 5.91 Å². The summed E-state index contributed by atoms with van der Waals surface area (Å²) < 4.78 is 17.7. The second-order valence-corrected chi connectivity index (χ2v) is 15.1. The molecule has 0 spiro atoms. The summed E-state index contributed by atoms with van der Waals surface area (Å²) in [6.07, 6.45) is 4.74. The minimum Gasteiger partial charge on any atom is -0.494 e. The fraction of sp³-hybridized carbons (Fsp3) is 0.488. The molecule has 1 N–H and O–H groups in total. The molecule has 3 amide bonds. The van der Waals surface area contributed by atoms with Gasteiger partial charge >= 0.3 is 12.2 Å². The molecule has 1 fully saturated rings. The molecule has 1 aliphatic heterocycles. The summed E-state index contributed by atoms with van der Waals surface area (Å²) in [7, 11) is 0. The molecule has 50 heavy (non-hydrogen) atoms. The van der Waals surface area contributed by atoms with Crippen molar-refractivity contribution < 1.29 is 33.7 Å². The Balaban J connectivity index is 1.27. The van der Waals surface area contributed by atoms with Gasteiger partial charge in [0.1, 0.15) is 23.3 Å². The van der Waals surface area contributed by atoms with Gasteiger partial charge in [0, 0.05) is 13.0 Å². The molecule has 0 saturated heterocycles. The van der Waals surface area contributed by atoms with Crippen LogP contribution in [-0.2, 0) is 34.3 Å². The molecule has 0 radical (unpaired) electrons. The van der Waals surface area contributed by atoms with E-state index in [1.165, 1.54) is 36.1 Å². The number of hydrogen-bond donors (Lipinski definition) is 1. The molecule has 1 heterocycles. The number of rotatable bonds is 12. The molecule has 1 atom stereocenters. The lowest BCUT2D eigenvalue weighted by atomic mass is 9.87. The van der Waals surface area contributed by atoms with Crippen molar-refractivity contribution in [3.8, 4) is 17.2 Å². The zero-order chi connectivity index (χ0) is 35.8. The average molecular weight is 685 g/mol. The third-order valence-electron chi connectivity index (χ3n) is 9.64. The monoisotopic (exact) mass is 684 g/mol. The van der Waals surface area contributed by atoms with Crippen LogP contribution in [0.15, 0.2) is 66.7 Å². The third-order valence-corrected chi connectivity index (χ3v) is 9.64. The Morgan fingerprint density at radius 3 is 2.20 bits per heavy atom. The lowest BCUT2D eigenvalue weighted by Crippen LogP contribution is -2.55. The van der Waals surface area contributed by atoms with Crippen LogP contribution in [0.1, 0.15) is 89.0 Å². The van der Waals surface area contributed by atoms with Gasteiger partial charge in [-0.3, -0.25) is 9.69 Å². The van der Waals surface area contributed by atoms with Gasteiger partial charge in [0.05, 0.1) is 19.8 Å². The predicted octanol–water partition coefficient (Wildman–Crippen LogP) is 9.00. The summed E-state index contributed by atoms with van der Waals surface area (Å²) >= 11 is 0. The van der Waals surface area contributed by atoms with E-state index < -0.39 is 24.1 Å². The maximum Gasteiger partial charge on any atom is 0.414 e. The van der Waals surface area contributed by atoms with Gasteiger partial charge in [-0.2, -0.15) is 0 Å². The highest BCUT2D eigenvalue weighted by atomic mass is 16.6. The molecule has 3 aromatic rings. The van der Waals surface area contributed by atoms with E-state index in [1.54, 1.807) is 0 Å². The van der Waals surface area contributed by atoms with E-state index in [0.29, 0.717) is 24.5 Å². The normalized spacial score (nSPS) is 16.2. The summed E-state index contributed by atoms with van der Waals surface area (Å²) in [5, 5.41) is 10.2. The number of amides is 3. The molecule has 1 saturated carbocycles. The molecule has 2 aliphatic rings. The largest absolute Gasteiger partial charge is 0.494 e. The van der Waals surface area contributed by atoms with Crippen LogP contribution in [0.2, 0.25) is 0 Å². The second-order valence-electron chi connectivity index (χ2n) is 15.1. The molecule has 0 aromatic heterocycles. The van der Waals surface area contributed by atoms with Gasteiger partial charge in [-0.25, -0.2) is 14.5 Å². The standard InChI is InChI=1S/C41H52N2O7/c1-28(2)27-49-40(47)43-26-32-24-36(50-35-18-13-33(14-19-35)41(3,4)5)17-12-31(32)25-37(43)38(44)42(39(45)46)22-20-30-10-15-34(16-11-30)48-23-21-29-8-6-7-9-29/h10-19,24,28-29,37H,6-9,20-23,25-27H2,1-5H3,(H,45,46)/t37-/m0/s1. The Morgan fingerprint density at radius 1 is 0.900 bits per heavy atom. The Kier molecular flexibility index (Phi) is 12.1. The van der Waals surface area contributed by atoms with Crippen molar-refractivity contribution in [3.05, 3.63) is 89.0 Å². The second kappa shape index (κ2) is 16.5. The number of benzene rings is 3. The zero-order valence-corrected chi connectivity index (χ0v) is 30.2. The SMILES string of the molecule is CC(C)COC(=O)N1Cc2cc(Oc3ccc(C(C)(C)C)cc3)ccc2C[C@H]1C(=O)N(CCc1ccc(OCCC2CCCC2)cc1)C(=O)O. The van der Waals surface area contributed by atoms with Crippen LogP contribution in [0.25, 0.3) is 0 Å². The van der Waals surface area contributed by atoms with E-state index in [-0.39, 0.29) is 37.5 Å². The molecular weight excluding hydrogens is 632 g/mol. The van der Waals surface area contributed by atoms with Crippen molar-refractivity contribution in [2.75, 3.05) is 19.8 Å². The number of fused-ring (bicyclic) bond motifs is 1. The number of ether oxygens (including phenoxy) is 3. The van der Waals surface area contributed by atoms with Crippen LogP contribution in [0, 0.1) is 11.8 Å². The van der Waals surface area contributed by atoms with Gasteiger partial charge in [-0.1, -0.05) is 90.6 Å². The van der Waals surface area contributed by atoms with Crippen molar-refractivity contribution in [3.63, 3.8) is 0 Å². The van der Waals surface area contributed by atoms with Gasteiger partial charge in [-0.05, 0) is 88.7 Å². The molecular formula is C41H52N2O7. The Bertz CT molecular complexity index is 1610. The smallest absolute Gasteiger partial charge is 0.414 e. The molecule has 3 aromatic carbocycles. The first-order valence-corrected chi connectivity index (χ1v) is 18.0. The van der Waals surface area contributed by atoms with Crippen LogP contribution in [0.5, 0.6) is 17.2 Å². The van der Waals surface area contributed by atoms with Crippen molar-refractivity contribution in [1.82, 2.24) is 9.80 Å². The van der Waals surface area contributed by atoms with Crippen LogP contribution in [-0.4, -0.2) is 58.8 Å². The number of imide groups is 1. The fourth-order valence-electron chi connectivity index (χ4n) is 6.63. The Morgan fingerprint density at radius 2 is 1.56 bits per heavy atom. The van der Waals surface area contributed by atoms with E-state index in [2.05, 4.69) is 20.8 Å². The predicted molar refractivity (Wildman–Crippen MR) is 193 cm³/mol. The number of carboxylic acid groups (broad SMARTS) is 1. The highest BCUT2D eigenvalue weighted by Gasteiger charge is 2.40. The number of carbonyl (C=O) groups excluding carboxylic acids is 2. The average Bonchev–Trinajstić information content (AvgIpc) is 3.60. The highest BCUT2D eigenvalue weighted by Crippen LogP contribution is 2.32. The fourth-order valence-corrected chi connectivity index (χ4v) is 6.63. The summed E-state index contributed by atoms with van der Waals surface area (Å²) in [5.41, 5.74) is 3.77. The van der Waals surface area contributed by atoms with E-state index in [0.717, 1.165) is 39.7 Å². The highest BCUT2D eigenvalue weighted by molar-refractivity contribution is 5.96. The maximum absolute atomic E-state index is 14.0. The third kappa shape index (κ3) is 9.79. The summed E-state index contributed by atoms with van der Waals surface area (Å²) in [6, 6.07) is 20.1. The minimum atomic E-state index is -1.36. The Hall–Kier alpha value is -4.53. The number of carbonyl (C=O) groups is 3. The first-order valence-electron chi connectivity index (χ1n) is 18.0. The molecule has 9 nitrogen and oxygen atoms in total. The van der Waals surface area contributed by atoms with E-state index >= 15 is 0 Å². The summed E-state index contributed by atoms with van der Waals surface area (Å²) in [4.78, 5) is 42.0. The molecule has 5 rings (SSSR count). The van der Waals surface area contributed by atoms with E-state index in [4.69, 9.17) is 14.2 Å². The lowest BCUT2D eigenvalue weighted by molar-refractivity contribution is -0.135. The summed E-state index contributed by atoms with van der Waals surface area (Å²) in [6.45, 7) is 11.2. The zero-order valence-electron chi connectivity index (χ0n) is 30.2. The lowest BCUT2D eigenvalue weighted by Gasteiger charge is -2.37. The minimum absolute atomic E-state index is 0.0245. The molecule has 1 aliphatic carbocycles. The van der Waals surface area contributed by atoms with Crippen LogP contribution in [0.4, 0.5) is 9.59 Å². The van der Waals surface area contributed by atoms with Crippen molar-refractivity contribution in [2.45, 2.75) is 97.6 Å². The van der Waals surface area contributed by atoms with Gasteiger partial charge < -0.3 is 19.3 Å². The van der Waals surface area contributed by atoms with Crippen LogP contribution >= 0.6 is 0 Å². The van der Waals surface area contributed by atoms with Crippen molar-refractivity contribution in [2.24, 2.45) is 11.8 Å². The molecule has 0 unspecified atom stereocenters. The van der Waals surface area contributed by atoms with Crippen LogP contribution in [0.3, 0.4) is 0 Å². The van der Waals surface area contributed by atoms with E-state index in [9.17, 15) is 19.5 Å². The van der Waals surface area contributed by atoms with Crippen molar-refractivity contribution >= 4 is 18.1 Å².